The molecule has 17 heavy (non-hydrogen) atoms. The molecule has 0 aromatic heterocycles. The van der Waals surface area contributed by atoms with E-state index in [-0.39, 0.29) is 5.78 Å². The maximum atomic E-state index is 12.1. The second kappa shape index (κ2) is 5.48. The molecule has 2 nitrogen and oxygen atoms in total. The fraction of sp³-hybridized carbons (Fsp3) is 0.267. The minimum Gasteiger partial charge on any atom is -0.363 e. The molecule has 1 heterocycles. The third-order valence-corrected chi connectivity index (χ3v) is 2.99. The summed E-state index contributed by atoms with van der Waals surface area (Å²) in [6, 6.07) is 9.80. The van der Waals surface area contributed by atoms with Crippen LogP contribution in [0.5, 0.6) is 0 Å². The predicted octanol–water partition coefficient (Wildman–Crippen LogP) is 3.03. The standard InChI is InChI=1S/C15H17NO/c1-2-14-10-6-7-11-16(14)12-15(17)13-8-4-3-5-9-13/h3-11,14H,2,12H2,1H3. The Morgan fingerprint density at radius 2 is 2.00 bits per heavy atom. The molecule has 0 N–H and O–H groups in total. The fourth-order valence-electron chi connectivity index (χ4n) is 2.00. The van der Waals surface area contributed by atoms with Gasteiger partial charge in [-0.2, -0.15) is 0 Å². The average Bonchev–Trinajstić information content (AvgIpc) is 2.40. The second-order valence-electron chi connectivity index (χ2n) is 4.16. The Kier molecular flexibility index (Phi) is 3.76. The van der Waals surface area contributed by atoms with Crippen molar-refractivity contribution >= 4 is 5.78 Å². The number of carbonyl (C=O) groups is 1. The van der Waals surface area contributed by atoms with Gasteiger partial charge >= 0.3 is 0 Å². The monoisotopic (exact) mass is 227 g/mol. The molecule has 0 saturated carbocycles. The van der Waals surface area contributed by atoms with Gasteiger partial charge in [-0.05, 0) is 12.5 Å². The van der Waals surface area contributed by atoms with Crippen molar-refractivity contribution in [3.05, 3.63) is 60.3 Å². The van der Waals surface area contributed by atoms with E-state index in [0.717, 1.165) is 12.0 Å². The lowest BCUT2D eigenvalue weighted by atomic mass is 10.1. The van der Waals surface area contributed by atoms with Crippen molar-refractivity contribution in [2.45, 2.75) is 19.4 Å². The van der Waals surface area contributed by atoms with Gasteiger partial charge in [0.2, 0.25) is 0 Å². The summed E-state index contributed by atoms with van der Waals surface area (Å²) in [4.78, 5) is 14.2. The van der Waals surface area contributed by atoms with E-state index in [2.05, 4.69) is 17.9 Å². The summed E-state index contributed by atoms with van der Waals surface area (Å²) >= 11 is 0. The van der Waals surface area contributed by atoms with Crippen LogP contribution in [0.2, 0.25) is 0 Å². The third-order valence-electron chi connectivity index (χ3n) is 2.99. The molecule has 1 unspecified atom stereocenters. The Morgan fingerprint density at radius 1 is 1.24 bits per heavy atom. The zero-order valence-electron chi connectivity index (χ0n) is 10.0. The van der Waals surface area contributed by atoms with Gasteiger partial charge in [0.15, 0.2) is 5.78 Å². The smallest absolute Gasteiger partial charge is 0.182 e. The number of allylic oxidation sites excluding steroid dienone is 2. The number of nitrogens with zero attached hydrogens (tertiary/aromatic N) is 1. The molecule has 0 fully saturated rings. The van der Waals surface area contributed by atoms with Crippen molar-refractivity contribution in [1.82, 2.24) is 4.90 Å². The maximum absolute atomic E-state index is 12.1. The summed E-state index contributed by atoms with van der Waals surface area (Å²) in [6.07, 6.45) is 9.16. The molecule has 0 saturated heterocycles. The number of ketones is 1. The van der Waals surface area contributed by atoms with E-state index < -0.39 is 0 Å². The van der Waals surface area contributed by atoms with Crippen LogP contribution in [0.3, 0.4) is 0 Å². The highest BCUT2D eigenvalue weighted by Crippen LogP contribution is 2.13. The maximum Gasteiger partial charge on any atom is 0.182 e. The van der Waals surface area contributed by atoms with Crippen LogP contribution in [0.15, 0.2) is 54.8 Å². The van der Waals surface area contributed by atoms with Crippen LogP contribution < -0.4 is 0 Å². The zero-order valence-corrected chi connectivity index (χ0v) is 10.0. The number of benzene rings is 1. The largest absolute Gasteiger partial charge is 0.363 e. The van der Waals surface area contributed by atoms with Crippen molar-refractivity contribution in [2.75, 3.05) is 6.54 Å². The molecule has 0 bridgehead atoms. The quantitative estimate of drug-likeness (QED) is 0.737. The number of rotatable bonds is 4. The lowest BCUT2D eigenvalue weighted by Crippen LogP contribution is -2.34. The first-order chi connectivity index (χ1) is 8.31. The fourth-order valence-corrected chi connectivity index (χ4v) is 2.00. The highest BCUT2D eigenvalue weighted by Gasteiger charge is 2.16. The summed E-state index contributed by atoms with van der Waals surface area (Å²) in [7, 11) is 0. The molecule has 1 atom stereocenters. The zero-order chi connectivity index (χ0) is 12.1. The minimum absolute atomic E-state index is 0.170. The molecule has 2 rings (SSSR count). The molecule has 0 radical (unpaired) electrons. The Balaban J connectivity index is 2.04. The molecule has 0 spiro atoms. The molecule has 2 heteroatoms. The topological polar surface area (TPSA) is 20.3 Å². The molecule has 88 valence electrons. The molecular formula is C15H17NO. The van der Waals surface area contributed by atoms with E-state index >= 15 is 0 Å². The van der Waals surface area contributed by atoms with Crippen LogP contribution in [0.1, 0.15) is 23.7 Å². The molecule has 0 amide bonds. The Bertz CT molecular complexity index is 433. The Hall–Kier alpha value is -1.83. The van der Waals surface area contributed by atoms with Gasteiger partial charge in [0.1, 0.15) is 0 Å². The molecule has 1 aliphatic heterocycles. The Labute approximate surface area is 102 Å². The normalized spacial score (nSPS) is 18.4. The van der Waals surface area contributed by atoms with E-state index in [4.69, 9.17) is 0 Å². The number of hydrogen-bond donors (Lipinski definition) is 0. The minimum atomic E-state index is 0.170. The summed E-state index contributed by atoms with van der Waals surface area (Å²) < 4.78 is 0. The summed E-state index contributed by atoms with van der Waals surface area (Å²) in [5.41, 5.74) is 0.783. The van der Waals surface area contributed by atoms with Gasteiger partial charge in [-0.3, -0.25) is 4.79 Å². The molecule has 0 aliphatic carbocycles. The lowest BCUT2D eigenvalue weighted by molar-refractivity contribution is 0.0943. The van der Waals surface area contributed by atoms with Gasteiger partial charge in [0, 0.05) is 17.8 Å². The van der Waals surface area contributed by atoms with Crippen LogP contribution >= 0.6 is 0 Å². The van der Waals surface area contributed by atoms with Crippen molar-refractivity contribution in [2.24, 2.45) is 0 Å². The average molecular weight is 227 g/mol. The van der Waals surface area contributed by atoms with E-state index in [1.165, 1.54) is 0 Å². The van der Waals surface area contributed by atoms with Crippen molar-refractivity contribution in [3.8, 4) is 0 Å². The van der Waals surface area contributed by atoms with Crippen molar-refractivity contribution in [1.29, 1.82) is 0 Å². The van der Waals surface area contributed by atoms with Crippen LogP contribution in [0.25, 0.3) is 0 Å². The molecule has 1 aromatic rings. The summed E-state index contributed by atoms with van der Waals surface area (Å²) in [5.74, 6) is 0.170. The van der Waals surface area contributed by atoms with Crippen molar-refractivity contribution < 1.29 is 4.79 Å². The Morgan fingerprint density at radius 3 is 2.71 bits per heavy atom. The van der Waals surface area contributed by atoms with E-state index in [1.807, 2.05) is 48.7 Å². The van der Waals surface area contributed by atoms with E-state index in [0.29, 0.717) is 12.6 Å². The molecule has 1 aromatic carbocycles. The van der Waals surface area contributed by atoms with Gasteiger partial charge < -0.3 is 4.90 Å². The lowest BCUT2D eigenvalue weighted by Gasteiger charge is -2.28. The third kappa shape index (κ3) is 2.84. The first-order valence-corrected chi connectivity index (χ1v) is 6.00. The number of hydrogen-bond acceptors (Lipinski definition) is 2. The van der Waals surface area contributed by atoms with Gasteiger partial charge in [-0.15, -0.1) is 0 Å². The molecular weight excluding hydrogens is 210 g/mol. The van der Waals surface area contributed by atoms with Crippen LogP contribution in [-0.2, 0) is 0 Å². The molecule has 1 aliphatic rings. The van der Waals surface area contributed by atoms with E-state index in [9.17, 15) is 4.79 Å². The summed E-state index contributed by atoms with van der Waals surface area (Å²) in [5, 5.41) is 0. The van der Waals surface area contributed by atoms with E-state index in [1.54, 1.807) is 0 Å². The van der Waals surface area contributed by atoms with Gasteiger partial charge in [0.05, 0.1) is 6.54 Å². The van der Waals surface area contributed by atoms with Gasteiger partial charge in [-0.25, -0.2) is 0 Å². The first kappa shape index (κ1) is 11.6. The highest BCUT2D eigenvalue weighted by atomic mass is 16.1. The number of Topliss-reactive ketones (excluding diaryl/α,β-unsaturated/α-hetero) is 1. The summed E-state index contributed by atoms with van der Waals surface area (Å²) in [6.45, 7) is 2.58. The second-order valence-corrected chi connectivity index (χ2v) is 4.16. The predicted molar refractivity (Wildman–Crippen MR) is 69.8 cm³/mol. The SMILES string of the molecule is CCC1C=CC=CN1CC(=O)c1ccccc1. The van der Waals surface area contributed by atoms with Crippen LogP contribution in [-0.4, -0.2) is 23.3 Å². The van der Waals surface area contributed by atoms with Gasteiger partial charge in [-0.1, -0.05) is 49.4 Å². The first-order valence-electron chi connectivity index (χ1n) is 6.00. The van der Waals surface area contributed by atoms with Gasteiger partial charge in [0.25, 0.3) is 0 Å². The highest BCUT2D eigenvalue weighted by molar-refractivity contribution is 5.97. The van der Waals surface area contributed by atoms with Crippen molar-refractivity contribution in [3.63, 3.8) is 0 Å². The van der Waals surface area contributed by atoms with Crippen LogP contribution in [0, 0.1) is 0 Å². The van der Waals surface area contributed by atoms with Crippen LogP contribution in [0.4, 0.5) is 0 Å². The number of carbonyl (C=O) groups excluding carboxylic acids is 1.